The number of fused-ring (bicyclic) bond motifs is 2. The molecule has 0 aliphatic heterocycles. The Bertz CT molecular complexity index is 1530. The van der Waals surface area contributed by atoms with E-state index in [0.29, 0.717) is 39.5 Å². The molecule has 0 radical (unpaired) electrons. The highest BCUT2D eigenvalue weighted by Gasteiger charge is 2.14. The van der Waals surface area contributed by atoms with Crippen molar-refractivity contribution in [2.24, 2.45) is 0 Å². The lowest BCUT2D eigenvalue weighted by molar-refractivity contribution is 0.344. The molecule has 9 nitrogen and oxygen atoms in total. The zero-order chi connectivity index (χ0) is 20.8. The highest BCUT2D eigenvalue weighted by Crippen LogP contribution is 2.25. The van der Waals surface area contributed by atoms with Crippen molar-refractivity contribution in [3.05, 3.63) is 80.2 Å². The largest absolute Gasteiger partial charge is 0.375 e. The number of aryl methyl sites for hydroxylation is 2. The van der Waals surface area contributed by atoms with E-state index in [4.69, 9.17) is 4.52 Å². The fourth-order valence-corrected chi connectivity index (χ4v) is 4.06. The average Bonchev–Trinajstić information content (AvgIpc) is 3.27. The molecule has 0 aliphatic rings. The Hall–Kier alpha value is -3.66. The molecule has 10 heteroatoms. The Morgan fingerprint density at radius 3 is 2.70 bits per heavy atom. The predicted octanol–water partition coefficient (Wildman–Crippen LogP) is 2.59. The lowest BCUT2D eigenvalue weighted by Crippen LogP contribution is -2.13. The second-order valence-corrected chi connectivity index (χ2v) is 7.77. The highest BCUT2D eigenvalue weighted by atomic mass is 32.2. The van der Waals surface area contributed by atoms with Gasteiger partial charge in [-0.05, 0) is 19.4 Å². The summed E-state index contributed by atoms with van der Waals surface area (Å²) < 4.78 is 8.03. The molecule has 0 saturated carbocycles. The summed E-state index contributed by atoms with van der Waals surface area (Å²) in [4.78, 5) is 37.8. The van der Waals surface area contributed by atoms with Gasteiger partial charge < -0.3 is 4.52 Å². The summed E-state index contributed by atoms with van der Waals surface area (Å²) in [5, 5.41) is 3.26. The van der Waals surface area contributed by atoms with E-state index in [9.17, 15) is 9.59 Å². The van der Waals surface area contributed by atoms with Crippen molar-refractivity contribution in [3.63, 3.8) is 0 Å². The van der Waals surface area contributed by atoms with Crippen LogP contribution < -0.4 is 11.1 Å². The number of rotatable bonds is 4. The minimum atomic E-state index is -0.286. The van der Waals surface area contributed by atoms with Crippen LogP contribution >= 0.6 is 11.8 Å². The van der Waals surface area contributed by atoms with Gasteiger partial charge in [-0.2, -0.15) is 0 Å². The number of nitrogens with one attached hydrogen (secondary N) is 1. The summed E-state index contributed by atoms with van der Waals surface area (Å²) in [5.41, 5.74) is 2.90. The molecule has 1 N–H and O–H groups in total. The molecule has 4 aromatic heterocycles. The first kappa shape index (κ1) is 18.4. The Morgan fingerprint density at radius 2 is 1.87 bits per heavy atom. The van der Waals surface area contributed by atoms with Crippen LogP contribution in [0.4, 0.5) is 0 Å². The molecule has 0 atom stereocenters. The first-order valence-corrected chi connectivity index (χ1v) is 10.1. The lowest BCUT2D eigenvalue weighted by Gasteiger charge is -2.09. The third kappa shape index (κ3) is 3.20. The summed E-state index contributed by atoms with van der Waals surface area (Å²) in [6.45, 7) is 3.74. The third-order valence-electron chi connectivity index (χ3n) is 4.58. The molecule has 0 bridgehead atoms. The van der Waals surface area contributed by atoms with Gasteiger partial charge in [-0.1, -0.05) is 36.0 Å². The molecular formula is C20H16N6O3S. The fraction of sp³-hybridized carbons (Fsp3) is 0.150. The molecule has 5 aromatic rings. The number of aromatic amines is 1. The van der Waals surface area contributed by atoms with Crippen molar-refractivity contribution in [1.82, 2.24) is 29.1 Å². The second kappa shape index (κ2) is 6.99. The van der Waals surface area contributed by atoms with E-state index in [1.54, 1.807) is 17.5 Å². The summed E-state index contributed by atoms with van der Waals surface area (Å²) in [7, 11) is 0. The Kier molecular flexibility index (Phi) is 4.28. The number of H-pyrrole nitrogens is 1. The first-order chi connectivity index (χ1) is 14.5. The molecule has 150 valence electrons. The monoisotopic (exact) mass is 420 g/mol. The molecule has 0 spiro atoms. The molecule has 0 fully saturated rings. The maximum absolute atomic E-state index is 12.3. The smallest absolute Gasteiger partial charge is 0.287 e. The summed E-state index contributed by atoms with van der Waals surface area (Å²) >= 11 is 1.36. The van der Waals surface area contributed by atoms with Gasteiger partial charge in [-0.3, -0.25) is 14.7 Å². The number of benzene rings is 1. The van der Waals surface area contributed by atoms with Crippen LogP contribution in [0.2, 0.25) is 0 Å². The van der Waals surface area contributed by atoms with Crippen LogP contribution in [0.25, 0.3) is 22.7 Å². The number of thioether (sulfide) groups is 1. The minimum Gasteiger partial charge on any atom is -0.375 e. The Balaban J connectivity index is 1.56. The fourth-order valence-electron chi connectivity index (χ4n) is 3.21. The zero-order valence-electron chi connectivity index (χ0n) is 16.1. The molecule has 4 heterocycles. The molecule has 0 amide bonds. The molecule has 0 aliphatic carbocycles. The Morgan fingerprint density at radius 1 is 1.03 bits per heavy atom. The van der Waals surface area contributed by atoms with Gasteiger partial charge in [0.05, 0.1) is 5.69 Å². The lowest BCUT2D eigenvalue weighted by atomic mass is 10.1. The van der Waals surface area contributed by atoms with Crippen LogP contribution in [0.15, 0.2) is 61.7 Å². The Labute approximate surface area is 173 Å². The topological polar surface area (TPSA) is 111 Å². The van der Waals surface area contributed by atoms with E-state index < -0.39 is 0 Å². The van der Waals surface area contributed by atoms with E-state index in [-0.39, 0.29) is 11.1 Å². The van der Waals surface area contributed by atoms with Gasteiger partial charge in [0.15, 0.2) is 22.3 Å². The van der Waals surface area contributed by atoms with Gasteiger partial charge in [0.25, 0.3) is 11.1 Å². The van der Waals surface area contributed by atoms with E-state index in [0.717, 1.165) is 15.7 Å². The maximum atomic E-state index is 12.3. The van der Waals surface area contributed by atoms with E-state index in [1.807, 2.05) is 31.2 Å². The van der Waals surface area contributed by atoms with Crippen molar-refractivity contribution < 1.29 is 4.52 Å². The summed E-state index contributed by atoms with van der Waals surface area (Å²) in [6.07, 6.45) is 0. The summed E-state index contributed by atoms with van der Waals surface area (Å²) in [6, 6.07) is 12.4. The number of nitrogens with zero attached hydrogens (tertiary/aromatic N) is 5. The molecule has 1 aromatic carbocycles. The first-order valence-electron chi connectivity index (χ1n) is 9.16. The normalized spacial score (nSPS) is 11.5. The highest BCUT2D eigenvalue weighted by molar-refractivity contribution is 7.98. The molecule has 5 rings (SSSR count). The van der Waals surface area contributed by atoms with Crippen LogP contribution in [0.1, 0.15) is 17.0 Å². The van der Waals surface area contributed by atoms with Gasteiger partial charge in [0.2, 0.25) is 0 Å². The molecule has 0 saturated heterocycles. The van der Waals surface area contributed by atoms with Crippen LogP contribution in [0.5, 0.6) is 0 Å². The maximum Gasteiger partial charge on any atom is 0.287 e. The van der Waals surface area contributed by atoms with Gasteiger partial charge >= 0.3 is 0 Å². The van der Waals surface area contributed by atoms with Gasteiger partial charge in [-0.15, -0.1) is 4.57 Å². The van der Waals surface area contributed by atoms with Gasteiger partial charge in [-0.25, -0.2) is 19.5 Å². The van der Waals surface area contributed by atoms with E-state index >= 15 is 0 Å². The van der Waals surface area contributed by atoms with E-state index in [2.05, 4.69) is 20.1 Å². The summed E-state index contributed by atoms with van der Waals surface area (Å²) in [5.74, 6) is 1.52. The van der Waals surface area contributed by atoms with Crippen molar-refractivity contribution in [1.29, 1.82) is 0 Å². The van der Waals surface area contributed by atoms with Crippen LogP contribution in [0, 0.1) is 13.8 Å². The van der Waals surface area contributed by atoms with Crippen LogP contribution in [-0.4, -0.2) is 29.1 Å². The second-order valence-electron chi connectivity index (χ2n) is 6.83. The van der Waals surface area contributed by atoms with E-state index in [1.165, 1.54) is 23.9 Å². The molecule has 0 unspecified atom stereocenters. The van der Waals surface area contributed by atoms with Crippen LogP contribution in [-0.2, 0) is 5.75 Å². The van der Waals surface area contributed by atoms with Crippen LogP contribution in [0.3, 0.4) is 0 Å². The van der Waals surface area contributed by atoms with Crippen molar-refractivity contribution in [2.45, 2.75) is 24.8 Å². The zero-order valence-corrected chi connectivity index (χ0v) is 16.9. The quantitative estimate of drug-likeness (QED) is 0.445. The third-order valence-corrected chi connectivity index (χ3v) is 5.56. The van der Waals surface area contributed by atoms with Gasteiger partial charge in [0.1, 0.15) is 5.76 Å². The predicted molar refractivity (Wildman–Crippen MR) is 112 cm³/mol. The molecular weight excluding hydrogens is 404 g/mol. The standard InChI is InChI=1S/C20H16N6O3S/c1-11-5-3-4-6-14(11)19-22-15-9-17(27)24-25(15)20(23-19)30-10-13-8-18(28)26-16(21-13)7-12(2)29-26/h3-9H,10H2,1-2H3,(H,24,27). The molecule has 30 heavy (non-hydrogen) atoms. The minimum absolute atomic E-state index is 0.264. The van der Waals surface area contributed by atoms with Gasteiger partial charge in [0, 0.05) is 29.5 Å². The number of hydrogen-bond donors (Lipinski definition) is 1. The van der Waals surface area contributed by atoms with Crippen molar-refractivity contribution in [3.8, 4) is 11.4 Å². The SMILES string of the molecule is Cc1cc2nc(CSc3nc(-c4ccccc4C)nc4cc(=O)[nH]n34)cc(=O)n2o1. The number of aromatic nitrogens is 6. The average molecular weight is 420 g/mol. The van der Waals surface area contributed by atoms with Crippen molar-refractivity contribution in [2.75, 3.05) is 0 Å². The van der Waals surface area contributed by atoms with Crippen molar-refractivity contribution >= 4 is 23.1 Å². The number of hydrogen-bond acceptors (Lipinski definition) is 7.